The molecule has 6 heteroatoms. The van der Waals surface area contributed by atoms with Crippen molar-refractivity contribution in [3.05, 3.63) is 58.5 Å². The standard InChI is InChI=1S/C13H12N4OS/c1-9(17-5-4-14-8-17)11-7-16-13(19-11)10-2-3-12(18)15-6-10/h2-9H,1H3,(H,15,18). The second-order valence-corrected chi connectivity index (χ2v) is 5.26. The molecule has 1 N–H and O–H groups in total. The largest absolute Gasteiger partial charge is 0.329 e. The number of hydrogen-bond acceptors (Lipinski definition) is 4. The molecular formula is C13H12N4OS. The zero-order valence-electron chi connectivity index (χ0n) is 10.3. The van der Waals surface area contributed by atoms with E-state index in [1.807, 2.05) is 17.0 Å². The minimum atomic E-state index is -0.104. The molecule has 19 heavy (non-hydrogen) atoms. The molecule has 3 heterocycles. The molecule has 0 amide bonds. The van der Waals surface area contributed by atoms with Gasteiger partial charge in [0, 0.05) is 41.3 Å². The lowest BCUT2D eigenvalue weighted by Crippen LogP contribution is -2.01. The lowest BCUT2D eigenvalue weighted by molar-refractivity contribution is 0.648. The summed E-state index contributed by atoms with van der Waals surface area (Å²) in [5.41, 5.74) is 0.820. The molecule has 0 fully saturated rings. The highest BCUT2D eigenvalue weighted by atomic mass is 32.1. The van der Waals surface area contributed by atoms with Crippen LogP contribution in [0.2, 0.25) is 0 Å². The second-order valence-electron chi connectivity index (χ2n) is 4.20. The number of thiazole rings is 1. The fourth-order valence-corrected chi connectivity index (χ4v) is 2.77. The van der Waals surface area contributed by atoms with E-state index in [1.54, 1.807) is 36.1 Å². The molecule has 3 aromatic rings. The van der Waals surface area contributed by atoms with Gasteiger partial charge in [-0.05, 0) is 13.0 Å². The number of aromatic amines is 1. The smallest absolute Gasteiger partial charge is 0.247 e. The van der Waals surface area contributed by atoms with Crippen LogP contribution in [0.15, 0.2) is 48.0 Å². The van der Waals surface area contributed by atoms with Crippen molar-refractivity contribution in [2.24, 2.45) is 0 Å². The molecule has 0 aromatic carbocycles. The van der Waals surface area contributed by atoms with Gasteiger partial charge in [-0.2, -0.15) is 0 Å². The van der Waals surface area contributed by atoms with E-state index in [1.165, 1.54) is 6.07 Å². The molecule has 0 aliphatic carbocycles. The summed E-state index contributed by atoms with van der Waals surface area (Å²) >= 11 is 1.62. The average Bonchev–Trinajstić information content (AvgIpc) is 3.10. The molecular weight excluding hydrogens is 260 g/mol. The van der Waals surface area contributed by atoms with Gasteiger partial charge < -0.3 is 9.55 Å². The van der Waals surface area contributed by atoms with Crippen molar-refractivity contribution in [1.29, 1.82) is 0 Å². The van der Waals surface area contributed by atoms with Crippen LogP contribution in [0.4, 0.5) is 0 Å². The summed E-state index contributed by atoms with van der Waals surface area (Å²) in [6.45, 7) is 2.10. The van der Waals surface area contributed by atoms with Crippen LogP contribution in [0, 0.1) is 0 Å². The zero-order valence-corrected chi connectivity index (χ0v) is 11.1. The van der Waals surface area contributed by atoms with Crippen molar-refractivity contribution < 1.29 is 0 Å². The van der Waals surface area contributed by atoms with Crippen LogP contribution in [0.25, 0.3) is 10.6 Å². The van der Waals surface area contributed by atoms with Crippen LogP contribution >= 0.6 is 11.3 Å². The van der Waals surface area contributed by atoms with Crippen LogP contribution < -0.4 is 5.56 Å². The first-order valence-corrected chi connectivity index (χ1v) is 6.68. The third-order valence-corrected chi connectivity index (χ3v) is 4.16. The Morgan fingerprint density at radius 2 is 2.32 bits per heavy atom. The monoisotopic (exact) mass is 272 g/mol. The van der Waals surface area contributed by atoms with E-state index in [0.29, 0.717) is 0 Å². The lowest BCUT2D eigenvalue weighted by Gasteiger charge is -2.09. The van der Waals surface area contributed by atoms with Gasteiger partial charge in [-0.25, -0.2) is 9.97 Å². The van der Waals surface area contributed by atoms with E-state index in [9.17, 15) is 4.79 Å². The Balaban J connectivity index is 1.91. The van der Waals surface area contributed by atoms with Crippen LogP contribution in [-0.2, 0) is 0 Å². The predicted octanol–water partition coefficient (Wildman–Crippen LogP) is 2.30. The van der Waals surface area contributed by atoms with E-state index < -0.39 is 0 Å². The van der Waals surface area contributed by atoms with Gasteiger partial charge >= 0.3 is 0 Å². The summed E-state index contributed by atoms with van der Waals surface area (Å²) in [7, 11) is 0. The number of imidazole rings is 1. The van der Waals surface area contributed by atoms with Gasteiger partial charge in [-0.1, -0.05) is 0 Å². The van der Waals surface area contributed by atoms with Crippen molar-refractivity contribution >= 4 is 11.3 Å². The number of hydrogen-bond donors (Lipinski definition) is 1. The molecule has 3 rings (SSSR count). The van der Waals surface area contributed by atoms with Gasteiger partial charge in [-0.15, -0.1) is 11.3 Å². The van der Waals surface area contributed by atoms with Gasteiger partial charge in [0.25, 0.3) is 0 Å². The van der Waals surface area contributed by atoms with Crippen molar-refractivity contribution in [1.82, 2.24) is 19.5 Å². The molecule has 0 saturated carbocycles. The Kier molecular flexibility index (Phi) is 3.00. The van der Waals surface area contributed by atoms with Gasteiger partial charge in [0.15, 0.2) is 0 Å². The van der Waals surface area contributed by atoms with Gasteiger partial charge in [0.2, 0.25) is 5.56 Å². The van der Waals surface area contributed by atoms with Crippen molar-refractivity contribution in [3.8, 4) is 10.6 Å². The predicted molar refractivity (Wildman–Crippen MR) is 74.2 cm³/mol. The third-order valence-electron chi connectivity index (χ3n) is 2.94. The maximum Gasteiger partial charge on any atom is 0.247 e. The topological polar surface area (TPSA) is 63.6 Å². The fourth-order valence-electron chi connectivity index (χ4n) is 1.80. The van der Waals surface area contributed by atoms with E-state index in [-0.39, 0.29) is 11.6 Å². The molecule has 0 aliphatic rings. The van der Waals surface area contributed by atoms with Crippen LogP contribution in [-0.4, -0.2) is 19.5 Å². The minimum Gasteiger partial charge on any atom is -0.329 e. The Labute approximate surface area is 113 Å². The molecule has 1 unspecified atom stereocenters. The van der Waals surface area contributed by atoms with Gasteiger partial charge in [0.1, 0.15) is 5.01 Å². The number of pyridine rings is 1. The van der Waals surface area contributed by atoms with Crippen molar-refractivity contribution in [2.75, 3.05) is 0 Å². The quantitative estimate of drug-likeness (QED) is 0.795. The van der Waals surface area contributed by atoms with Crippen LogP contribution in [0.5, 0.6) is 0 Å². The summed E-state index contributed by atoms with van der Waals surface area (Å²) < 4.78 is 2.03. The summed E-state index contributed by atoms with van der Waals surface area (Å²) in [5, 5.41) is 0.901. The number of H-pyrrole nitrogens is 1. The lowest BCUT2D eigenvalue weighted by atomic mass is 10.3. The normalized spacial score (nSPS) is 12.5. The molecule has 1 atom stereocenters. The highest BCUT2D eigenvalue weighted by Gasteiger charge is 2.12. The molecule has 0 bridgehead atoms. The van der Waals surface area contributed by atoms with E-state index in [2.05, 4.69) is 21.9 Å². The molecule has 0 spiro atoms. The zero-order chi connectivity index (χ0) is 13.2. The van der Waals surface area contributed by atoms with Crippen LogP contribution in [0.3, 0.4) is 0 Å². The van der Waals surface area contributed by atoms with Gasteiger partial charge in [-0.3, -0.25) is 4.79 Å². The summed E-state index contributed by atoms with van der Waals surface area (Å²) in [6, 6.07) is 3.50. The van der Waals surface area contributed by atoms with Crippen LogP contribution in [0.1, 0.15) is 17.8 Å². The fraction of sp³-hybridized carbons (Fsp3) is 0.154. The van der Waals surface area contributed by atoms with E-state index in [4.69, 9.17) is 0 Å². The molecule has 0 saturated heterocycles. The number of nitrogens with zero attached hydrogens (tertiary/aromatic N) is 3. The minimum absolute atomic E-state index is 0.104. The molecule has 0 radical (unpaired) electrons. The maximum absolute atomic E-state index is 11.0. The Morgan fingerprint density at radius 3 is 3.00 bits per heavy atom. The number of rotatable bonds is 3. The summed E-state index contributed by atoms with van der Waals surface area (Å²) in [4.78, 5) is 23.3. The summed E-state index contributed by atoms with van der Waals surface area (Å²) in [5.74, 6) is 0. The molecule has 0 aliphatic heterocycles. The summed E-state index contributed by atoms with van der Waals surface area (Å²) in [6.07, 6.45) is 9.05. The van der Waals surface area contributed by atoms with Gasteiger partial charge in [0.05, 0.1) is 12.4 Å². The highest BCUT2D eigenvalue weighted by molar-refractivity contribution is 7.15. The third kappa shape index (κ3) is 2.34. The first-order valence-electron chi connectivity index (χ1n) is 5.86. The first-order chi connectivity index (χ1) is 9.24. The molecule has 5 nitrogen and oxygen atoms in total. The first kappa shape index (κ1) is 11.9. The SMILES string of the molecule is CC(c1cnc(-c2ccc(=O)[nH]c2)s1)n1ccnc1. The van der Waals surface area contributed by atoms with E-state index >= 15 is 0 Å². The number of nitrogens with one attached hydrogen (secondary N) is 1. The second kappa shape index (κ2) is 4.81. The maximum atomic E-state index is 11.0. The Hall–Kier alpha value is -2.21. The highest BCUT2D eigenvalue weighted by Crippen LogP contribution is 2.29. The van der Waals surface area contributed by atoms with E-state index in [0.717, 1.165) is 15.4 Å². The Bertz CT molecular complexity index is 709. The van der Waals surface area contributed by atoms with Crippen molar-refractivity contribution in [2.45, 2.75) is 13.0 Å². The number of aromatic nitrogens is 4. The molecule has 3 aromatic heterocycles. The Morgan fingerprint density at radius 1 is 1.42 bits per heavy atom. The van der Waals surface area contributed by atoms with Crippen molar-refractivity contribution in [3.63, 3.8) is 0 Å². The average molecular weight is 272 g/mol. The molecule has 96 valence electrons.